The predicted molar refractivity (Wildman–Crippen MR) is 102 cm³/mol. The van der Waals surface area contributed by atoms with Gasteiger partial charge in [0.25, 0.3) is 21.2 Å². The molecule has 0 aromatic carbocycles. The molecule has 1 aliphatic heterocycles. The molecular formula is C9H27N6O15P3. The molecule has 0 saturated carbocycles. The van der Waals surface area contributed by atoms with Gasteiger partial charge in [-0.1, -0.05) is 0 Å². The molecule has 1 aliphatic rings. The Morgan fingerprint density at radius 1 is 1.12 bits per heavy atom. The van der Waals surface area contributed by atoms with E-state index in [0.717, 1.165) is 0 Å². The first-order chi connectivity index (χ1) is 14.9. The van der Waals surface area contributed by atoms with E-state index in [-0.39, 0.29) is 29.2 Å². The third-order valence-electron chi connectivity index (χ3n) is 2.74. The molecule has 0 bridgehead atoms. The third kappa shape index (κ3) is 10.3. The van der Waals surface area contributed by atoms with E-state index in [1.165, 1.54) is 0 Å². The number of hydrogen-bond donors (Lipinski definition) is 7. The number of aliphatic hydroxyl groups excluding tert-OH is 1. The van der Waals surface area contributed by atoms with Crippen molar-refractivity contribution >= 4 is 23.5 Å². The molecule has 0 amide bonds. The van der Waals surface area contributed by atoms with E-state index in [4.69, 9.17) is 6.85 Å². The van der Waals surface area contributed by atoms with Gasteiger partial charge in [-0.25, -0.2) is 9.11 Å². The number of rotatable bonds is 8. The van der Waals surface area contributed by atoms with Gasteiger partial charge in [-0.3, -0.25) is 27.8 Å². The highest BCUT2D eigenvalue weighted by atomic mass is 31.3. The lowest BCUT2D eigenvalue weighted by molar-refractivity contribution is -0.339. The molecule has 6 atom stereocenters. The predicted octanol–water partition coefficient (Wildman–Crippen LogP) is -3.52. The maximum absolute atomic E-state index is 11.9. The molecular weight excluding hydrogens is 525 g/mol. The molecule has 1 aromatic rings. The number of aliphatic hydroxyl groups is 2. The highest BCUT2D eigenvalue weighted by molar-refractivity contribution is 7.64. The maximum atomic E-state index is 11.9. The Morgan fingerprint density at radius 3 is 2.18 bits per heavy atom. The molecule has 1 fully saturated rings. The van der Waals surface area contributed by atoms with Crippen molar-refractivity contribution < 1.29 is 68.2 Å². The number of quaternary nitrogens is 4. The average Bonchev–Trinajstić information content (AvgIpc) is 2.75. The second kappa shape index (κ2) is 13.0. The van der Waals surface area contributed by atoms with E-state index in [9.17, 15) is 53.1 Å². The molecule has 2 heterocycles. The third-order valence-corrected chi connectivity index (χ3v) is 6.25. The molecule has 0 aliphatic carbocycles. The summed E-state index contributed by atoms with van der Waals surface area (Å²) in [5, 5.41) is 20.4. The number of nitrogens with one attached hydrogen (secondary N) is 1. The van der Waals surface area contributed by atoms with Crippen molar-refractivity contribution in [1.29, 1.82) is 0 Å². The zero-order chi connectivity index (χ0) is 26.7. The minimum Gasteiger partial charge on any atom is -0.790 e. The summed E-state index contributed by atoms with van der Waals surface area (Å²) in [5.41, 5.74) is -2.69. The molecule has 3 unspecified atom stereocenters. The number of H-pyrrole nitrogens is 1. The summed E-state index contributed by atoms with van der Waals surface area (Å²) in [7, 11) is -19.6. The van der Waals surface area contributed by atoms with Crippen LogP contribution >= 0.6 is 23.5 Å². The Labute approximate surface area is 191 Å². The first-order valence-electron chi connectivity index (χ1n) is 9.13. The van der Waals surface area contributed by atoms with Gasteiger partial charge >= 0.3 is 5.69 Å². The molecule has 0 spiro atoms. The molecule has 1 aromatic heterocycles. The number of nitrogens with zero attached hydrogens (tertiary/aromatic N) is 1. The Hall–Kier alpha value is -1.19. The van der Waals surface area contributed by atoms with Crippen LogP contribution in [-0.4, -0.2) is 44.6 Å². The minimum atomic E-state index is -6.66. The maximum Gasteiger partial charge on any atom is 0.330 e. The van der Waals surface area contributed by atoms with Crippen LogP contribution in [0.5, 0.6) is 0 Å². The van der Waals surface area contributed by atoms with E-state index in [1.54, 1.807) is 4.98 Å². The largest absolute Gasteiger partial charge is 0.790 e. The van der Waals surface area contributed by atoms with Gasteiger partial charge in [0.05, 0.1) is 21.2 Å². The van der Waals surface area contributed by atoms with Crippen molar-refractivity contribution in [3.05, 3.63) is 33.1 Å². The van der Waals surface area contributed by atoms with Crippen LogP contribution in [0, 0.1) is 0 Å². The van der Waals surface area contributed by atoms with Crippen molar-refractivity contribution in [3.8, 4) is 0 Å². The van der Waals surface area contributed by atoms with Crippen LogP contribution in [0.3, 0.4) is 0 Å². The fraction of sp³-hybridized carbons (Fsp3) is 0.556. The SMILES string of the molecule is [2H]c1cn([C@@H]2O[C@]([2H])(C([2H])([2H])OP(=O)([O-])OP(=O)([O-])OP(=O)([O-])[O-])C([2H])(O)[C@@H]2O)c(=O)[nH]c1=O.[NH4+].[NH4+].[NH4+].[NH4+]. The number of aromatic amines is 1. The fourth-order valence-electron chi connectivity index (χ4n) is 1.75. The molecule has 2 rings (SSSR count). The van der Waals surface area contributed by atoms with Crippen LogP contribution in [0.1, 0.15) is 13.1 Å². The summed E-state index contributed by atoms with van der Waals surface area (Å²) in [6, 6.07) is -0.941. The Bertz CT molecular complexity index is 1240. The monoisotopic (exact) mass is 557 g/mol. The van der Waals surface area contributed by atoms with Crippen molar-refractivity contribution in [2.45, 2.75) is 24.5 Å². The summed E-state index contributed by atoms with van der Waals surface area (Å²) < 4.78 is 86.0. The standard InChI is InChI=1S/C9H15N2O15P3.4H3N/c12-5-1-2-11(9(15)10-5)8-7(14)6(13)4(24-8)3-23-28(19,20)26-29(21,22)25-27(16,17)18;;;;/h1-2,4,6-8,13-14H,3H2,(H,19,20)(H,21,22)(H,10,12,15)(H2,16,17,18);4*1H3/t4-,6?,7+,8-;;;;/m1..../s1/i1D,3D2,4D,6D;;;;. The number of hydrogen-bond acceptors (Lipinski definition) is 15. The van der Waals surface area contributed by atoms with Crippen LogP contribution < -0.4 is 55.4 Å². The number of phosphoric acid groups is 3. The van der Waals surface area contributed by atoms with E-state index < -0.39 is 71.8 Å². The summed E-state index contributed by atoms with van der Waals surface area (Å²) in [6.07, 6.45) is -12.8. The van der Waals surface area contributed by atoms with Crippen LogP contribution in [0.4, 0.5) is 0 Å². The van der Waals surface area contributed by atoms with Crippen molar-refractivity contribution in [1.82, 2.24) is 34.2 Å². The van der Waals surface area contributed by atoms with E-state index in [2.05, 4.69) is 17.9 Å². The van der Waals surface area contributed by atoms with Crippen LogP contribution in [0.15, 0.2) is 21.8 Å². The van der Waals surface area contributed by atoms with E-state index >= 15 is 0 Å². The van der Waals surface area contributed by atoms with Gasteiger partial charge in [-0.2, -0.15) is 0 Å². The summed E-state index contributed by atoms with van der Waals surface area (Å²) in [5.74, 6) is 0. The quantitative estimate of drug-likeness (QED) is 0.152. The molecule has 24 heteroatoms. The lowest BCUT2D eigenvalue weighted by atomic mass is 10.1. The smallest absolute Gasteiger partial charge is 0.330 e. The van der Waals surface area contributed by atoms with Crippen LogP contribution in [-0.2, 0) is 31.6 Å². The molecule has 21 nitrogen and oxygen atoms in total. The highest BCUT2D eigenvalue weighted by Crippen LogP contribution is 2.60. The second-order valence-electron chi connectivity index (χ2n) is 4.81. The first-order valence-corrected chi connectivity index (χ1v) is 11.0. The zero-order valence-electron chi connectivity index (χ0n) is 22.2. The van der Waals surface area contributed by atoms with E-state index in [0.29, 0.717) is 6.20 Å². The van der Waals surface area contributed by atoms with Gasteiger partial charge in [-0.05, 0) is 0 Å². The molecule has 33 heavy (non-hydrogen) atoms. The summed E-state index contributed by atoms with van der Waals surface area (Å²) >= 11 is 0. The van der Waals surface area contributed by atoms with Gasteiger partial charge in [-0.15, -0.1) is 0 Å². The number of aromatic nitrogens is 2. The molecule has 19 N–H and O–H groups in total. The van der Waals surface area contributed by atoms with Gasteiger partial charge in [0.15, 0.2) is 6.23 Å². The van der Waals surface area contributed by atoms with Gasteiger partial charge in [0.2, 0.25) is 0 Å². The number of phosphoric ester groups is 1. The van der Waals surface area contributed by atoms with Gasteiger partial charge < -0.3 is 68.2 Å². The Kier molecular flexibility index (Phi) is 10.4. The Morgan fingerprint density at radius 2 is 1.67 bits per heavy atom. The molecule has 0 radical (unpaired) electrons. The fourth-order valence-corrected chi connectivity index (χ4v) is 4.42. The first kappa shape index (κ1) is 26.4. The molecule has 198 valence electrons. The van der Waals surface area contributed by atoms with Gasteiger partial charge in [0, 0.05) is 12.2 Å². The minimum absolute atomic E-state index is 0. The van der Waals surface area contributed by atoms with Crippen molar-refractivity contribution in [2.75, 3.05) is 6.56 Å². The van der Waals surface area contributed by atoms with Crippen molar-refractivity contribution in [2.24, 2.45) is 0 Å². The molecule has 1 saturated heterocycles. The normalized spacial score (nSPS) is 32.8. The van der Waals surface area contributed by atoms with Gasteiger partial charge in [0.1, 0.15) is 18.3 Å². The van der Waals surface area contributed by atoms with Crippen LogP contribution in [0.25, 0.3) is 0 Å². The topological polar surface area (TPSA) is 422 Å². The summed E-state index contributed by atoms with van der Waals surface area (Å²) in [4.78, 5) is 68.4. The van der Waals surface area contributed by atoms with E-state index in [1.807, 2.05) is 0 Å². The van der Waals surface area contributed by atoms with Crippen LogP contribution in [0.2, 0.25) is 0 Å². The average molecular weight is 557 g/mol. The second-order valence-corrected chi connectivity index (χ2v) is 8.98. The van der Waals surface area contributed by atoms with Crippen molar-refractivity contribution in [3.63, 3.8) is 0 Å². The number of ether oxygens (including phenoxy) is 1. The summed E-state index contributed by atoms with van der Waals surface area (Å²) in [6.45, 7) is -4.37. The lowest BCUT2D eigenvalue weighted by Crippen LogP contribution is -2.37. The highest BCUT2D eigenvalue weighted by Gasteiger charge is 2.44. The zero-order valence-corrected chi connectivity index (χ0v) is 19.9. The Balaban J connectivity index is -0.00000306. The lowest BCUT2D eigenvalue weighted by Gasteiger charge is -2.37.